The van der Waals surface area contributed by atoms with E-state index in [2.05, 4.69) is 4.98 Å². The highest BCUT2D eigenvalue weighted by atomic mass is 35.5. The second-order valence-electron chi connectivity index (χ2n) is 4.48. The molecule has 3 rings (SSSR count). The predicted molar refractivity (Wildman–Crippen MR) is 79.8 cm³/mol. The molecule has 0 saturated carbocycles. The third kappa shape index (κ3) is 2.39. The SMILES string of the molecule is Fc1cccc2c1nc(CCl)n2Cc1ccc(Cl)cc1. The molecule has 5 heteroatoms. The molecular formula is C15H11Cl2FN2. The Morgan fingerprint density at radius 3 is 2.55 bits per heavy atom. The van der Waals surface area contributed by atoms with Gasteiger partial charge in [0.05, 0.1) is 11.4 Å². The summed E-state index contributed by atoms with van der Waals surface area (Å²) in [7, 11) is 0. The van der Waals surface area contributed by atoms with Crippen LogP contribution in [-0.2, 0) is 12.4 Å². The number of benzene rings is 2. The molecule has 1 aromatic heterocycles. The molecule has 0 N–H and O–H groups in total. The zero-order chi connectivity index (χ0) is 14.1. The maximum Gasteiger partial charge on any atom is 0.151 e. The van der Waals surface area contributed by atoms with E-state index in [1.807, 2.05) is 34.9 Å². The number of rotatable bonds is 3. The lowest BCUT2D eigenvalue weighted by molar-refractivity contribution is 0.637. The van der Waals surface area contributed by atoms with E-state index in [0.29, 0.717) is 22.9 Å². The van der Waals surface area contributed by atoms with Crippen molar-refractivity contribution in [3.63, 3.8) is 0 Å². The highest BCUT2D eigenvalue weighted by Gasteiger charge is 2.13. The zero-order valence-corrected chi connectivity index (χ0v) is 12.0. The van der Waals surface area contributed by atoms with Crippen LogP contribution >= 0.6 is 23.2 Å². The number of para-hydroxylation sites is 1. The Balaban J connectivity index is 2.10. The van der Waals surface area contributed by atoms with Gasteiger partial charge in [0.1, 0.15) is 11.3 Å². The van der Waals surface area contributed by atoms with E-state index >= 15 is 0 Å². The van der Waals surface area contributed by atoms with Crippen LogP contribution in [0.1, 0.15) is 11.4 Å². The van der Waals surface area contributed by atoms with Gasteiger partial charge in [-0.05, 0) is 29.8 Å². The van der Waals surface area contributed by atoms with Crippen LogP contribution < -0.4 is 0 Å². The van der Waals surface area contributed by atoms with Crippen LogP contribution in [-0.4, -0.2) is 9.55 Å². The van der Waals surface area contributed by atoms with E-state index in [-0.39, 0.29) is 11.7 Å². The molecule has 0 bridgehead atoms. The second-order valence-corrected chi connectivity index (χ2v) is 5.19. The molecule has 3 aromatic rings. The van der Waals surface area contributed by atoms with Crippen LogP contribution in [0.3, 0.4) is 0 Å². The first-order chi connectivity index (χ1) is 9.69. The van der Waals surface area contributed by atoms with Crippen molar-refractivity contribution in [2.75, 3.05) is 0 Å². The quantitative estimate of drug-likeness (QED) is 0.646. The average Bonchev–Trinajstić information content (AvgIpc) is 2.81. The third-order valence-electron chi connectivity index (χ3n) is 3.18. The van der Waals surface area contributed by atoms with E-state index < -0.39 is 0 Å². The highest BCUT2D eigenvalue weighted by Crippen LogP contribution is 2.22. The van der Waals surface area contributed by atoms with E-state index in [4.69, 9.17) is 23.2 Å². The summed E-state index contributed by atoms with van der Waals surface area (Å²) >= 11 is 11.8. The summed E-state index contributed by atoms with van der Waals surface area (Å²) in [5.74, 6) is 0.562. The van der Waals surface area contributed by atoms with Crippen LogP contribution in [0.4, 0.5) is 4.39 Å². The number of hydrogen-bond acceptors (Lipinski definition) is 1. The van der Waals surface area contributed by atoms with E-state index in [1.54, 1.807) is 6.07 Å². The molecule has 0 aliphatic heterocycles. The molecule has 0 spiro atoms. The average molecular weight is 309 g/mol. The molecule has 2 nitrogen and oxygen atoms in total. The third-order valence-corrected chi connectivity index (χ3v) is 3.67. The van der Waals surface area contributed by atoms with Crippen molar-refractivity contribution in [2.24, 2.45) is 0 Å². The summed E-state index contributed by atoms with van der Waals surface area (Å²) in [6.45, 7) is 0.583. The van der Waals surface area contributed by atoms with Crippen molar-refractivity contribution >= 4 is 34.2 Å². The topological polar surface area (TPSA) is 17.8 Å². The Kier molecular flexibility index (Phi) is 3.64. The van der Waals surface area contributed by atoms with E-state index in [1.165, 1.54) is 6.07 Å². The number of nitrogens with zero attached hydrogens (tertiary/aromatic N) is 2. The summed E-state index contributed by atoms with van der Waals surface area (Å²) in [4.78, 5) is 4.27. The fourth-order valence-electron chi connectivity index (χ4n) is 2.21. The van der Waals surface area contributed by atoms with Gasteiger partial charge in [-0.2, -0.15) is 0 Å². The maximum absolute atomic E-state index is 13.8. The monoisotopic (exact) mass is 308 g/mol. The number of aromatic nitrogens is 2. The number of halogens is 3. The largest absolute Gasteiger partial charge is 0.322 e. The Morgan fingerprint density at radius 1 is 1.10 bits per heavy atom. The van der Waals surface area contributed by atoms with Crippen molar-refractivity contribution in [1.82, 2.24) is 9.55 Å². The summed E-state index contributed by atoms with van der Waals surface area (Å²) in [5.41, 5.74) is 2.16. The number of fused-ring (bicyclic) bond motifs is 1. The first kappa shape index (κ1) is 13.4. The summed E-state index contributed by atoms with van der Waals surface area (Å²) in [6.07, 6.45) is 0. The van der Waals surface area contributed by atoms with Crippen molar-refractivity contribution in [3.8, 4) is 0 Å². The number of imidazole rings is 1. The Morgan fingerprint density at radius 2 is 1.85 bits per heavy atom. The highest BCUT2D eigenvalue weighted by molar-refractivity contribution is 6.30. The fourth-order valence-corrected chi connectivity index (χ4v) is 2.54. The number of hydrogen-bond donors (Lipinski definition) is 0. The molecule has 1 heterocycles. The molecule has 0 aliphatic rings. The van der Waals surface area contributed by atoms with Gasteiger partial charge in [0.25, 0.3) is 0 Å². The van der Waals surface area contributed by atoms with Gasteiger partial charge in [-0.3, -0.25) is 0 Å². The lowest BCUT2D eigenvalue weighted by atomic mass is 10.2. The lowest BCUT2D eigenvalue weighted by Crippen LogP contribution is -2.03. The van der Waals surface area contributed by atoms with Crippen molar-refractivity contribution in [1.29, 1.82) is 0 Å². The summed E-state index contributed by atoms with van der Waals surface area (Å²) < 4.78 is 15.7. The summed E-state index contributed by atoms with van der Waals surface area (Å²) in [5, 5.41) is 0.688. The molecule has 0 unspecified atom stereocenters. The van der Waals surface area contributed by atoms with Crippen molar-refractivity contribution in [2.45, 2.75) is 12.4 Å². The summed E-state index contributed by atoms with van der Waals surface area (Å²) in [6, 6.07) is 12.5. The fraction of sp³-hybridized carbons (Fsp3) is 0.133. The zero-order valence-electron chi connectivity index (χ0n) is 10.5. The van der Waals surface area contributed by atoms with Crippen LogP contribution in [0.2, 0.25) is 5.02 Å². The first-order valence-electron chi connectivity index (χ1n) is 6.13. The van der Waals surface area contributed by atoms with Gasteiger partial charge in [-0.25, -0.2) is 9.37 Å². The van der Waals surface area contributed by atoms with Crippen LogP contribution in [0.25, 0.3) is 11.0 Å². The molecule has 20 heavy (non-hydrogen) atoms. The van der Waals surface area contributed by atoms with Gasteiger partial charge < -0.3 is 4.57 Å². The standard InChI is InChI=1S/C15H11Cl2FN2/c16-8-14-19-15-12(18)2-1-3-13(15)20(14)9-10-4-6-11(17)7-5-10/h1-7H,8-9H2. The van der Waals surface area contributed by atoms with Gasteiger partial charge in [0.2, 0.25) is 0 Å². The van der Waals surface area contributed by atoms with Gasteiger partial charge in [0, 0.05) is 11.6 Å². The van der Waals surface area contributed by atoms with E-state index in [0.717, 1.165) is 11.1 Å². The molecule has 102 valence electrons. The van der Waals surface area contributed by atoms with Crippen LogP contribution in [0.15, 0.2) is 42.5 Å². The Labute approximate surface area is 125 Å². The molecule has 2 aromatic carbocycles. The molecular weight excluding hydrogens is 298 g/mol. The van der Waals surface area contributed by atoms with E-state index in [9.17, 15) is 4.39 Å². The van der Waals surface area contributed by atoms with Crippen LogP contribution in [0, 0.1) is 5.82 Å². The van der Waals surface area contributed by atoms with Crippen molar-refractivity contribution < 1.29 is 4.39 Å². The Hall–Kier alpha value is -1.58. The molecule has 0 atom stereocenters. The minimum absolute atomic E-state index is 0.238. The van der Waals surface area contributed by atoms with Crippen LogP contribution in [0.5, 0.6) is 0 Å². The van der Waals surface area contributed by atoms with Crippen molar-refractivity contribution in [3.05, 3.63) is 64.7 Å². The minimum atomic E-state index is -0.330. The molecule has 0 aliphatic carbocycles. The molecule has 0 fully saturated rings. The lowest BCUT2D eigenvalue weighted by Gasteiger charge is -2.08. The number of alkyl halides is 1. The molecule has 0 amide bonds. The van der Waals surface area contributed by atoms with Gasteiger partial charge in [-0.15, -0.1) is 11.6 Å². The Bertz CT molecular complexity index is 750. The van der Waals surface area contributed by atoms with Gasteiger partial charge >= 0.3 is 0 Å². The van der Waals surface area contributed by atoms with Gasteiger partial charge in [-0.1, -0.05) is 29.8 Å². The molecule has 0 saturated heterocycles. The molecule has 0 radical (unpaired) electrons. The first-order valence-corrected chi connectivity index (χ1v) is 7.04. The second kappa shape index (κ2) is 5.43. The smallest absolute Gasteiger partial charge is 0.151 e. The maximum atomic E-state index is 13.8. The van der Waals surface area contributed by atoms with Gasteiger partial charge in [0.15, 0.2) is 5.82 Å². The minimum Gasteiger partial charge on any atom is -0.322 e. The normalized spacial score (nSPS) is 11.2. The predicted octanol–water partition coefficient (Wildman–Crippen LogP) is 4.62.